The van der Waals surface area contributed by atoms with Gasteiger partial charge in [0.15, 0.2) is 11.5 Å². The van der Waals surface area contributed by atoms with E-state index in [1.54, 1.807) is 6.07 Å². The molecule has 0 radical (unpaired) electrons. The second-order valence-electron chi connectivity index (χ2n) is 5.07. The second-order valence-corrected chi connectivity index (χ2v) is 5.48. The molecule has 0 aromatic heterocycles. The van der Waals surface area contributed by atoms with E-state index in [4.69, 9.17) is 26.8 Å². The van der Waals surface area contributed by atoms with Crippen LogP contribution in [0.25, 0.3) is 0 Å². The molecule has 1 aliphatic rings. The molecule has 0 bridgehead atoms. The molecule has 5 heteroatoms. The molecule has 0 aliphatic carbocycles. The molecule has 17 heavy (non-hydrogen) atoms. The van der Waals surface area contributed by atoms with Gasteiger partial charge in [0.2, 0.25) is 6.79 Å². The normalized spacial score (nSPS) is 15.4. The lowest BCUT2D eigenvalue weighted by atomic mass is 9.83. The maximum Gasteiger partial charge on any atom is 0.231 e. The summed E-state index contributed by atoms with van der Waals surface area (Å²) in [6, 6.07) is 3.51. The predicted octanol–water partition coefficient (Wildman–Crippen LogP) is 3.54. The summed E-state index contributed by atoms with van der Waals surface area (Å²) in [5.74, 6) is 1.41. The number of hydrogen-bond donors (Lipinski definition) is 1. The van der Waals surface area contributed by atoms with Crippen LogP contribution in [0, 0.1) is 5.41 Å². The van der Waals surface area contributed by atoms with Crippen molar-refractivity contribution in [2.24, 2.45) is 11.1 Å². The Balaban J connectivity index is 0.00000144. The second kappa shape index (κ2) is 4.92. The Labute approximate surface area is 113 Å². The zero-order valence-electron chi connectivity index (χ0n) is 10.1. The van der Waals surface area contributed by atoms with Crippen LogP contribution in [-0.4, -0.2) is 6.79 Å². The Hall–Kier alpha value is -0.640. The first-order valence-corrected chi connectivity index (χ1v) is 5.62. The van der Waals surface area contributed by atoms with Crippen molar-refractivity contribution in [2.45, 2.75) is 26.8 Å². The molecule has 1 atom stereocenters. The van der Waals surface area contributed by atoms with Crippen LogP contribution >= 0.6 is 24.0 Å². The SMILES string of the molecule is CC(C)(C)[C@@H](N)c1cc2c(cc1Cl)OCO2.Cl. The van der Waals surface area contributed by atoms with Gasteiger partial charge in [-0.3, -0.25) is 0 Å². The van der Waals surface area contributed by atoms with Crippen molar-refractivity contribution in [2.75, 3.05) is 6.79 Å². The molecule has 1 aromatic rings. The van der Waals surface area contributed by atoms with E-state index in [-0.39, 0.29) is 30.7 Å². The van der Waals surface area contributed by atoms with Crippen molar-refractivity contribution in [3.05, 3.63) is 22.7 Å². The van der Waals surface area contributed by atoms with Crippen molar-refractivity contribution in [1.82, 2.24) is 0 Å². The first-order chi connectivity index (χ1) is 7.39. The fourth-order valence-corrected chi connectivity index (χ4v) is 1.91. The molecule has 2 rings (SSSR count). The topological polar surface area (TPSA) is 44.5 Å². The largest absolute Gasteiger partial charge is 0.454 e. The maximum absolute atomic E-state index is 6.19. The first-order valence-electron chi connectivity index (χ1n) is 5.24. The van der Waals surface area contributed by atoms with E-state index in [1.807, 2.05) is 6.07 Å². The maximum atomic E-state index is 6.19. The Kier molecular flexibility index (Phi) is 4.18. The van der Waals surface area contributed by atoms with Crippen LogP contribution < -0.4 is 15.2 Å². The van der Waals surface area contributed by atoms with Gasteiger partial charge >= 0.3 is 0 Å². The van der Waals surface area contributed by atoms with Crippen LogP contribution in [0.15, 0.2) is 12.1 Å². The number of rotatable bonds is 1. The molecule has 96 valence electrons. The van der Waals surface area contributed by atoms with Crippen molar-refractivity contribution in [3.8, 4) is 11.5 Å². The molecular formula is C12H17Cl2NO2. The lowest BCUT2D eigenvalue weighted by molar-refractivity contribution is 0.174. The number of halogens is 2. The standard InChI is InChI=1S/C12H16ClNO2.ClH/c1-12(2,3)11(14)7-4-9-10(5-8(7)13)16-6-15-9;/h4-5,11H,6,14H2,1-3H3;1H/t11-;/m0./s1. The molecule has 0 unspecified atom stereocenters. The van der Waals surface area contributed by atoms with Gasteiger partial charge in [-0.2, -0.15) is 0 Å². The summed E-state index contributed by atoms with van der Waals surface area (Å²) in [5.41, 5.74) is 7.04. The van der Waals surface area contributed by atoms with E-state index in [9.17, 15) is 0 Å². The van der Waals surface area contributed by atoms with E-state index in [0.717, 1.165) is 11.3 Å². The van der Waals surface area contributed by atoms with Crippen molar-refractivity contribution in [1.29, 1.82) is 0 Å². The fourth-order valence-electron chi connectivity index (χ4n) is 1.64. The highest BCUT2D eigenvalue weighted by molar-refractivity contribution is 6.31. The van der Waals surface area contributed by atoms with Gasteiger partial charge in [0.1, 0.15) is 0 Å². The Morgan fingerprint density at radius 3 is 2.29 bits per heavy atom. The van der Waals surface area contributed by atoms with Gasteiger partial charge in [-0.25, -0.2) is 0 Å². The highest BCUT2D eigenvalue weighted by Crippen LogP contribution is 2.42. The van der Waals surface area contributed by atoms with E-state index in [0.29, 0.717) is 10.8 Å². The average Bonchev–Trinajstić information content (AvgIpc) is 2.60. The lowest BCUT2D eigenvalue weighted by Gasteiger charge is -2.28. The molecule has 0 spiro atoms. The van der Waals surface area contributed by atoms with Gasteiger partial charge in [-0.1, -0.05) is 32.4 Å². The van der Waals surface area contributed by atoms with Crippen LogP contribution in [0.5, 0.6) is 11.5 Å². The minimum atomic E-state index is -0.130. The fraction of sp³-hybridized carbons (Fsp3) is 0.500. The van der Waals surface area contributed by atoms with E-state index >= 15 is 0 Å². The van der Waals surface area contributed by atoms with Crippen LogP contribution in [0.1, 0.15) is 32.4 Å². The molecule has 0 amide bonds. The minimum absolute atomic E-state index is 0. The van der Waals surface area contributed by atoms with Crippen molar-refractivity contribution < 1.29 is 9.47 Å². The summed E-state index contributed by atoms with van der Waals surface area (Å²) in [6.45, 7) is 6.50. The summed E-state index contributed by atoms with van der Waals surface area (Å²) in [5, 5.41) is 0.631. The smallest absolute Gasteiger partial charge is 0.231 e. The number of ether oxygens (including phenoxy) is 2. The molecule has 1 aliphatic heterocycles. The van der Waals surface area contributed by atoms with E-state index in [1.165, 1.54) is 0 Å². The third kappa shape index (κ3) is 2.79. The van der Waals surface area contributed by atoms with Crippen LogP contribution in [0.2, 0.25) is 5.02 Å². The third-order valence-corrected chi connectivity index (χ3v) is 3.09. The molecular weight excluding hydrogens is 261 g/mol. The number of benzene rings is 1. The molecule has 0 saturated heterocycles. The Morgan fingerprint density at radius 2 is 1.76 bits per heavy atom. The summed E-state index contributed by atoms with van der Waals surface area (Å²) in [4.78, 5) is 0. The quantitative estimate of drug-likeness (QED) is 0.854. The summed E-state index contributed by atoms with van der Waals surface area (Å²) < 4.78 is 10.6. The van der Waals surface area contributed by atoms with Gasteiger partial charge in [-0.15, -0.1) is 12.4 Å². The molecule has 2 N–H and O–H groups in total. The predicted molar refractivity (Wildman–Crippen MR) is 71.2 cm³/mol. The monoisotopic (exact) mass is 277 g/mol. The molecule has 1 aromatic carbocycles. The Bertz CT molecular complexity index is 416. The van der Waals surface area contributed by atoms with E-state index in [2.05, 4.69) is 20.8 Å². The zero-order chi connectivity index (χ0) is 11.9. The molecule has 0 saturated carbocycles. The zero-order valence-corrected chi connectivity index (χ0v) is 11.7. The van der Waals surface area contributed by atoms with Crippen LogP contribution in [-0.2, 0) is 0 Å². The number of fused-ring (bicyclic) bond motifs is 1. The third-order valence-electron chi connectivity index (χ3n) is 2.76. The van der Waals surface area contributed by atoms with Crippen molar-refractivity contribution >= 4 is 24.0 Å². The summed E-state index contributed by atoms with van der Waals surface area (Å²) in [7, 11) is 0. The molecule has 3 nitrogen and oxygen atoms in total. The minimum Gasteiger partial charge on any atom is -0.454 e. The molecule has 1 heterocycles. The summed E-state index contributed by atoms with van der Waals surface area (Å²) in [6.07, 6.45) is 0. The van der Waals surface area contributed by atoms with Gasteiger partial charge < -0.3 is 15.2 Å². The van der Waals surface area contributed by atoms with Crippen LogP contribution in [0.4, 0.5) is 0 Å². The van der Waals surface area contributed by atoms with Gasteiger partial charge in [-0.05, 0) is 17.0 Å². The Morgan fingerprint density at radius 1 is 1.24 bits per heavy atom. The average molecular weight is 278 g/mol. The number of hydrogen-bond acceptors (Lipinski definition) is 3. The lowest BCUT2D eigenvalue weighted by Crippen LogP contribution is -2.26. The van der Waals surface area contributed by atoms with Crippen molar-refractivity contribution in [3.63, 3.8) is 0 Å². The van der Waals surface area contributed by atoms with Crippen LogP contribution in [0.3, 0.4) is 0 Å². The number of nitrogens with two attached hydrogens (primary N) is 1. The molecule has 0 fully saturated rings. The highest BCUT2D eigenvalue weighted by Gasteiger charge is 2.27. The summed E-state index contributed by atoms with van der Waals surface area (Å²) >= 11 is 6.19. The van der Waals surface area contributed by atoms with E-state index < -0.39 is 0 Å². The van der Waals surface area contributed by atoms with Gasteiger partial charge in [0, 0.05) is 17.1 Å². The highest BCUT2D eigenvalue weighted by atomic mass is 35.5. The van der Waals surface area contributed by atoms with Gasteiger partial charge in [0.05, 0.1) is 0 Å². The van der Waals surface area contributed by atoms with Gasteiger partial charge in [0.25, 0.3) is 0 Å². The first kappa shape index (κ1) is 14.4.